The van der Waals surface area contributed by atoms with E-state index < -0.39 is 0 Å². The van der Waals surface area contributed by atoms with Crippen LogP contribution in [0, 0.1) is 0 Å². The van der Waals surface area contributed by atoms with Crippen LogP contribution in [0.25, 0.3) is 11.4 Å². The fourth-order valence-electron chi connectivity index (χ4n) is 1.30. The second-order valence-electron chi connectivity index (χ2n) is 3.04. The summed E-state index contributed by atoms with van der Waals surface area (Å²) in [5, 5.41) is 2.92. The van der Waals surface area contributed by atoms with Gasteiger partial charge in [-0.05, 0) is 0 Å². The van der Waals surface area contributed by atoms with Crippen LogP contribution in [-0.2, 0) is 6.54 Å². The Kier molecular flexibility index (Phi) is 2.59. The smallest absolute Gasteiger partial charge is 0.267 e. The van der Waals surface area contributed by atoms with Crippen LogP contribution in [-0.4, -0.2) is 26.3 Å². The molecule has 78 valence electrons. The van der Waals surface area contributed by atoms with Gasteiger partial charge in [-0.15, -0.1) is 0 Å². The third-order valence-electron chi connectivity index (χ3n) is 1.98. The molecule has 2 aromatic rings. The minimum absolute atomic E-state index is 0.110. The van der Waals surface area contributed by atoms with E-state index >= 15 is 0 Å². The summed E-state index contributed by atoms with van der Waals surface area (Å²) in [5.41, 5.74) is 6.56. The van der Waals surface area contributed by atoms with E-state index in [4.69, 9.17) is 5.73 Å². The first-order chi connectivity index (χ1) is 7.31. The molecule has 0 amide bonds. The highest BCUT2D eigenvalue weighted by molar-refractivity contribution is 5.51. The van der Waals surface area contributed by atoms with Crippen molar-refractivity contribution >= 4 is 0 Å². The highest BCUT2D eigenvalue weighted by Gasteiger charge is 2.05. The minimum Gasteiger partial charge on any atom is -0.329 e. The number of nitrogens with two attached hydrogens (primary N) is 1. The average molecular weight is 205 g/mol. The lowest BCUT2D eigenvalue weighted by Gasteiger charge is -1.98. The fraction of sp³-hybridized carbons (Fsp3) is 0.222. The molecule has 0 aliphatic heterocycles. The predicted octanol–water partition coefficient (Wildman–Crippen LogP) is -0.408. The molecule has 3 N–H and O–H groups in total. The molecule has 0 spiro atoms. The molecule has 2 aromatic heterocycles. The number of nitrogens with one attached hydrogen (secondary N) is 1. The number of H-pyrrole nitrogens is 1. The van der Waals surface area contributed by atoms with Crippen LogP contribution < -0.4 is 11.3 Å². The Morgan fingerprint density at radius 1 is 1.47 bits per heavy atom. The molecule has 0 radical (unpaired) electrons. The predicted molar refractivity (Wildman–Crippen MR) is 55.1 cm³/mol. The van der Waals surface area contributed by atoms with E-state index in [2.05, 4.69) is 15.1 Å². The third-order valence-corrected chi connectivity index (χ3v) is 1.98. The standard InChI is InChI=1S/C9H11N5O/c10-1-4-14-9(15)5-7(13-14)8-6-11-2-3-12-8/h2-3,5-6,13H,1,4,10H2. The van der Waals surface area contributed by atoms with Crippen molar-refractivity contribution in [1.82, 2.24) is 19.7 Å². The monoisotopic (exact) mass is 205 g/mol. The zero-order valence-corrected chi connectivity index (χ0v) is 8.05. The van der Waals surface area contributed by atoms with Crippen LogP contribution >= 0.6 is 0 Å². The Bertz CT molecular complexity index is 487. The third kappa shape index (κ3) is 1.94. The van der Waals surface area contributed by atoms with Crippen molar-refractivity contribution in [2.75, 3.05) is 6.54 Å². The summed E-state index contributed by atoms with van der Waals surface area (Å²) in [6, 6.07) is 1.49. The molecular formula is C9H11N5O. The Hall–Kier alpha value is -1.95. The first kappa shape index (κ1) is 9.60. The van der Waals surface area contributed by atoms with Crippen LogP contribution in [0.2, 0.25) is 0 Å². The zero-order valence-electron chi connectivity index (χ0n) is 8.05. The largest absolute Gasteiger partial charge is 0.329 e. The normalized spacial score (nSPS) is 10.5. The average Bonchev–Trinajstić information content (AvgIpc) is 2.63. The van der Waals surface area contributed by atoms with Crippen LogP contribution in [0.15, 0.2) is 29.5 Å². The minimum atomic E-state index is -0.110. The Morgan fingerprint density at radius 2 is 2.33 bits per heavy atom. The Labute approximate surface area is 85.8 Å². The van der Waals surface area contributed by atoms with Crippen LogP contribution in [0.3, 0.4) is 0 Å². The maximum atomic E-state index is 11.4. The number of hydrogen-bond acceptors (Lipinski definition) is 4. The van der Waals surface area contributed by atoms with Crippen LogP contribution in [0.4, 0.5) is 0 Å². The molecule has 0 unspecified atom stereocenters. The summed E-state index contributed by atoms with van der Waals surface area (Å²) in [5.74, 6) is 0. The molecule has 0 aromatic carbocycles. The van der Waals surface area contributed by atoms with Gasteiger partial charge < -0.3 is 5.73 Å². The highest BCUT2D eigenvalue weighted by Crippen LogP contribution is 2.08. The SMILES string of the molecule is NCCn1[nH]c(-c2cnccn2)cc1=O. The first-order valence-corrected chi connectivity index (χ1v) is 4.57. The zero-order chi connectivity index (χ0) is 10.7. The van der Waals surface area contributed by atoms with Crippen molar-refractivity contribution in [2.45, 2.75) is 6.54 Å². The van der Waals surface area contributed by atoms with Crippen LogP contribution in [0.5, 0.6) is 0 Å². The summed E-state index contributed by atoms with van der Waals surface area (Å²) in [4.78, 5) is 19.4. The Morgan fingerprint density at radius 3 is 3.00 bits per heavy atom. The van der Waals surface area contributed by atoms with Crippen molar-refractivity contribution in [1.29, 1.82) is 0 Å². The number of hydrogen-bond donors (Lipinski definition) is 2. The van der Waals surface area contributed by atoms with Gasteiger partial charge in [-0.25, -0.2) is 0 Å². The molecule has 6 heteroatoms. The molecule has 0 fully saturated rings. The summed E-state index contributed by atoms with van der Waals surface area (Å²) < 4.78 is 1.45. The van der Waals surface area contributed by atoms with E-state index in [0.717, 1.165) is 0 Å². The second kappa shape index (κ2) is 4.05. The summed E-state index contributed by atoms with van der Waals surface area (Å²) >= 11 is 0. The van der Waals surface area contributed by atoms with E-state index in [9.17, 15) is 4.79 Å². The Balaban J connectivity index is 2.39. The fourth-order valence-corrected chi connectivity index (χ4v) is 1.30. The number of rotatable bonds is 3. The molecule has 0 saturated heterocycles. The number of aromatic amines is 1. The van der Waals surface area contributed by atoms with Gasteiger partial charge in [0.25, 0.3) is 5.56 Å². The van der Waals surface area contributed by atoms with Crippen molar-refractivity contribution in [3.8, 4) is 11.4 Å². The summed E-state index contributed by atoms with van der Waals surface area (Å²) in [6.45, 7) is 0.888. The number of aromatic nitrogens is 4. The summed E-state index contributed by atoms with van der Waals surface area (Å²) in [7, 11) is 0. The highest BCUT2D eigenvalue weighted by atomic mass is 16.1. The molecule has 15 heavy (non-hydrogen) atoms. The van der Waals surface area contributed by atoms with Gasteiger partial charge in [-0.1, -0.05) is 0 Å². The lowest BCUT2D eigenvalue weighted by atomic mass is 10.3. The molecule has 0 saturated carbocycles. The van der Waals surface area contributed by atoms with Gasteiger partial charge in [0.05, 0.1) is 18.4 Å². The van der Waals surface area contributed by atoms with Crippen molar-refractivity contribution < 1.29 is 0 Å². The number of nitrogens with zero attached hydrogens (tertiary/aromatic N) is 3. The van der Waals surface area contributed by atoms with E-state index in [1.807, 2.05) is 0 Å². The van der Waals surface area contributed by atoms with Gasteiger partial charge >= 0.3 is 0 Å². The van der Waals surface area contributed by atoms with E-state index in [1.54, 1.807) is 18.6 Å². The molecule has 0 aliphatic carbocycles. The molecular weight excluding hydrogens is 194 g/mol. The van der Waals surface area contributed by atoms with Gasteiger partial charge in [-0.3, -0.25) is 24.5 Å². The van der Waals surface area contributed by atoms with Gasteiger partial charge in [0, 0.05) is 25.0 Å². The van der Waals surface area contributed by atoms with Gasteiger partial charge in [0.2, 0.25) is 0 Å². The second-order valence-corrected chi connectivity index (χ2v) is 3.04. The van der Waals surface area contributed by atoms with Crippen molar-refractivity contribution in [3.05, 3.63) is 35.0 Å². The summed E-state index contributed by atoms with van der Waals surface area (Å²) in [6.07, 6.45) is 4.75. The lowest BCUT2D eigenvalue weighted by Crippen LogP contribution is -2.20. The first-order valence-electron chi connectivity index (χ1n) is 4.57. The molecule has 6 nitrogen and oxygen atoms in total. The molecule has 0 atom stereocenters. The van der Waals surface area contributed by atoms with Gasteiger partial charge in [-0.2, -0.15) is 0 Å². The van der Waals surface area contributed by atoms with Gasteiger partial charge in [0.15, 0.2) is 0 Å². The van der Waals surface area contributed by atoms with E-state index in [1.165, 1.54) is 10.7 Å². The molecule has 2 rings (SSSR count). The molecule has 0 bridgehead atoms. The van der Waals surface area contributed by atoms with Crippen molar-refractivity contribution in [2.24, 2.45) is 5.73 Å². The maximum absolute atomic E-state index is 11.4. The topological polar surface area (TPSA) is 89.6 Å². The quantitative estimate of drug-likeness (QED) is 0.713. The van der Waals surface area contributed by atoms with E-state index in [-0.39, 0.29) is 5.56 Å². The lowest BCUT2D eigenvalue weighted by molar-refractivity contribution is 0.608. The van der Waals surface area contributed by atoms with Crippen molar-refractivity contribution in [3.63, 3.8) is 0 Å². The molecule has 0 aliphatic rings. The van der Waals surface area contributed by atoms with Crippen LogP contribution in [0.1, 0.15) is 0 Å². The molecule has 2 heterocycles. The van der Waals surface area contributed by atoms with E-state index in [0.29, 0.717) is 24.5 Å². The maximum Gasteiger partial charge on any atom is 0.267 e. The van der Waals surface area contributed by atoms with Gasteiger partial charge in [0.1, 0.15) is 5.69 Å².